The van der Waals surface area contributed by atoms with Gasteiger partial charge in [0.05, 0.1) is 5.69 Å². The zero-order chi connectivity index (χ0) is 13.2. The Morgan fingerprint density at radius 1 is 1.56 bits per heavy atom. The van der Waals surface area contributed by atoms with Crippen molar-refractivity contribution in [1.29, 1.82) is 0 Å². The van der Waals surface area contributed by atoms with Gasteiger partial charge in [-0.25, -0.2) is 0 Å². The van der Waals surface area contributed by atoms with Crippen LogP contribution in [0.5, 0.6) is 0 Å². The summed E-state index contributed by atoms with van der Waals surface area (Å²) in [7, 11) is 0. The van der Waals surface area contributed by atoms with Crippen molar-refractivity contribution in [2.45, 2.75) is 39.8 Å². The van der Waals surface area contributed by atoms with Crippen molar-refractivity contribution < 1.29 is 9.26 Å². The Kier molecular flexibility index (Phi) is 7.37. The van der Waals surface area contributed by atoms with Crippen LogP contribution in [0.4, 0.5) is 0 Å². The molecule has 18 heavy (non-hydrogen) atoms. The van der Waals surface area contributed by atoms with Gasteiger partial charge in [-0.05, 0) is 25.3 Å². The van der Waals surface area contributed by atoms with Crippen molar-refractivity contribution in [3.63, 3.8) is 0 Å². The monoisotopic (exact) mass is 252 g/mol. The number of hydrogen-bond acceptors (Lipinski definition) is 4. The average molecular weight is 252 g/mol. The minimum Gasteiger partial charge on any atom is -0.373 e. The molecule has 1 rings (SSSR count). The first kappa shape index (κ1) is 14.9. The lowest BCUT2D eigenvalue weighted by Gasteiger charge is -2.04. The van der Waals surface area contributed by atoms with Gasteiger partial charge in [-0.1, -0.05) is 25.1 Å². The predicted octanol–water partition coefficient (Wildman–Crippen LogP) is 2.90. The summed E-state index contributed by atoms with van der Waals surface area (Å²) in [5, 5.41) is 7.32. The van der Waals surface area contributed by atoms with Crippen molar-refractivity contribution in [3.05, 3.63) is 30.2 Å². The molecule has 0 bridgehead atoms. The summed E-state index contributed by atoms with van der Waals surface area (Å²) in [6.07, 6.45) is 3.89. The molecule has 0 unspecified atom stereocenters. The number of hydrogen-bond donors (Lipinski definition) is 1. The van der Waals surface area contributed by atoms with Crippen LogP contribution < -0.4 is 5.32 Å². The molecule has 1 aromatic heterocycles. The van der Waals surface area contributed by atoms with Crippen LogP contribution in [-0.4, -0.2) is 18.3 Å². The maximum Gasteiger partial charge on any atom is 0.162 e. The standard InChI is InChI=1S/C14H24N2O2/c1-4-5-6-7-17-11-14-8-13(16-18-14)10-15-9-12(2)3/h4,8,12,15H,1,5-7,9-11H2,2-3H3. The largest absolute Gasteiger partial charge is 0.373 e. The second-order valence-corrected chi connectivity index (χ2v) is 4.79. The number of ether oxygens (including phenoxy) is 1. The molecule has 0 radical (unpaired) electrons. The molecule has 0 spiro atoms. The minimum atomic E-state index is 0.494. The molecule has 0 saturated carbocycles. The molecule has 1 aromatic rings. The van der Waals surface area contributed by atoms with Gasteiger partial charge in [-0.2, -0.15) is 0 Å². The molecule has 4 nitrogen and oxygen atoms in total. The Labute approximate surface area is 109 Å². The molecule has 4 heteroatoms. The van der Waals surface area contributed by atoms with Gasteiger partial charge in [0.2, 0.25) is 0 Å². The van der Waals surface area contributed by atoms with E-state index >= 15 is 0 Å². The van der Waals surface area contributed by atoms with E-state index in [4.69, 9.17) is 9.26 Å². The molecule has 0 aliphatic carbocycles. The van der Waals surface area contributed by atoms with E-state index in [1.165, 1.54) is 0 Å². The Bertz CT molecular complexity index is 334. The quantitative estimate of drug-likeness (QED) is 0.514. The number of allylic oxidation sites excluding steroid dienone is 1. The molecular weight excluding hydrogens is 228 g/mol. The van der Waals surface area contributed by atoms with Crippen molar-refractivity contribution in [3.8, 4) is 0 Å². The first-order chi connectivity index (χ1) is 8.72. The van der Waals surface area contributed by atoms with Gasteiger partial charge in [-0.3, -0.25) is 0 Å². The molecule has 102 valence electrons. The zero-order valence-electron chi connectivity index (χ0n) is 11.4. The van der Waals surface area contributed by atoms with Crippen LogP contribution in [0.15, 0.2) is 23.2 Å². The van der Waals surface area contributed by atoms with Crippen molar-refractivity contribution in [1.82, 2.24) is 10.5 Å². The van der Waals surface area contributed by atoms with Gasteiger partial charge in [0, 0.05) is 19.2 Å². The van der Waals surface area contributed by atoms with E-state index in [1.54, 1.807) is 0 Å². The average Bonchev–Trinajstić information content (AvgIpc) is 2.76. The number of rotatable bonds is 10. The molecule has 0 aromatic carbocycles. The summed E-state index contributed by atoms with van der Waals surface area (Å²) in [6.45, 7) is 11.0. The Morgan fingerprint density at radius 3 is 3.11 bits per heavy atom. The lowest BCUT2D eigenvalue weighted by Crippen LogP contribution is -2.19. The lowest BCUT2D eigenvalue weighted by atomic mass is 10.2. The number of aromatic nitrogens is 1. The van der Waals surface area contributed by atoms with E-state index in [-0.39, 0.29) is 0 Å². The van der Waals surface area contributed by atoms with Gasteiger partial charge in [0.1, 0.15) is 6.61 Å². The molecule has 0 fully saturated rings. The minimum absolute atomic E-state index is 0.494. The molecular formula is C14H24N2O2. The molecule has 0 amide bonds. The van der Waals surface area contributed by atoms with Gasteiger partial charge < -0.3 is 14.6 Å². The SMILES string of the molecule is C=CCCCOCc1cc(CNCC(C)C)no1. The Hall–Kier alpha value is -1.13. The third-order valence-electron chi connectivity index (χ3n) is 2.41. The van der Waals surface area contributed by atoms with Crippen molar-refractivity contribution >= 4 is 0 Å². The third-order valence-corrected chi connectivity index (χ3v) is 2.41. The van der Waals surface area contributed by atoms with E-state index in [0.29, 0.717) is 12.5 Å². The normalized spacial score (nSPS) is 11.1. The molecule has 0 saturated heterocycles. The summed E-state index contributed by atoms with van der Waals surface area (Å²) in [4.78, 5) is 0. The summed E-state index contributed by atoms with van der Waals surface area (Å²) < 4.78 is 10.7. The Balaban J connectivity index is 2.15. The molecule has 0 atom stereocenters. The maximum absolute atomic E-state index is 5.48. The smallest absolute Gasteiger partial charge is 0.162 e. The summed E-state index contributed by atoms with van der Waals surface area (Å²) >= 11 is 0. The molecule has 1 N–H and O–H groups in total. The summed E-state index contributed by atoms with van der Waals surface area (Å²) in [6, 6.07) is 1.95. The second-order valence-electron chi connectivity index (χ2n) is 4.79. The van der Waals surface area contributed by atoms with Crippen LogP contribution in [0.2, 0.25) is 0 Å². The fraction of sp³-hybridized carbons (Fsp3) is 0.643. The van der Waals surface area contributed by atoms with Crippen LogP contribution in [0, 0.1) is 5.92 Å². The van der Waals surface area contributed by atoms with E-state index in [2.05, 4.69) is 30.9 Å². The Morgan fingerprint density at radius 2 is 2.39 bits per heavy atom. The number of unbranched alkanes of at least 4 members (excludes halogenated alkanes) is 1. The molecule has 0 aliphatic heterocycles. The van der Waals surface area contributed by atoms with Crippen LogP contribution in [0.25, 0.3) is 0 Å². The highest BCUT2D eigenvalue weighted by molar-refractivity contribution is 5.04. The summed E-state index contributed by atoms with van der Waals surface area (Å²) in [5.41, 5.74) is 0.931. The molecule has 1 heterocycles. The van der Waals surface area contributed by atoms with E-state index in [0.717, 1.165) is 44.0 Å². The predicted molar refractivity (Wildman–Crippen MR) is 72.1 cm³/mol. The van der Waals surface area contributed by atoms with Gasteiger partial charge in [0.15, 0.2) is 5.76 Å². The second kappa shape index (κ2) is 8.89. The first-order valence-electron chi connectivity index (χ1n) is 6.56. The summed E-state index contributed by atoms with van der Waals surface area (Å²) in [5.74, 6) is 1.43. The number of nitrogens with zero attached hydrogens (tertiary/aromatic N) is 1. The fourth-order valence-corrected chi connectivity index (χ4v) is 1.50. The van der Waals surface area contributed by atoms with Crippen molar-refractivity contribution in [2.24, 2.45) is 5.92 Å². The van der Waals surface area contributed by atoms with Gasteiger partial charge >= 0.3 is 0 Å². The van der Waals surface area contributed by atoms with E-state index < -0.39 is 0 Å². The van der Waals surface area contributed by atoms with Crippen molar-refractivity contribution in [2.75, 3.05) is 13.2 Å². The number of nitrogens with one attached hydrogen (secondary N) is 1. The highest BCUT2D eigenvalue weighted by Gasteiger charge is 2.04. The highest BCUT2D eigenvalue weighted by Crippen LogP contribution is 2.06. The van der Waals surface area contributed by atoms with Crippen LogP contribution in [-0.2, 0) is 17.9 Å². The topological polar surface area (TPSA) is 47.3 Å². The molecule has 0 aliphatic rings. The van der Waals surface area contributed by atoms with Crippen LogP contribution in [0.3, 0.4) is 0 Å². The van der Waals surface area contributed by atoms with Crippen LogP contribution >= 0.6 is 0 Å². The fourth-order valence-electron chi connectivity index (χ4n) is 1.50. The zero-order valence-corrected chi connectivity index (χ0v) is 11.4. The van der Waals surface area contributed by atoms with E-state index in [9.17, 15) is 0 Å². The van der Waals surface area contributed by atoms with E-state index in [1.807, 2.05) is 12.1 Å². The van der Waals surface area contributed by atoms with Gasteiger partial charge in [0.25, 0.3) is 0 Å². The highest BCUT2D eigenvalue weighted by atomic mass is 16.5. The maximum atomic E-state index is 5.48. The van der Waals surface area contributed by atoms with Crippen LogP contribution in [0.1, 0.15) is 38.1 Å². The van der Waals surface area contributed by atoms with Gasteiger partial charge in [-0.15, -0.1) is 6.58 Å². The third kappa shape index (κ3) is 6.57. The lowest BCUT2D eigenvalue weighted by molar-refractivity contribution is 0.0995. The first-order valence-corrected chi connectivity index (χ1v) is 6.56.